The number of anilines is 1. The van der Waals surface area contributed by atoms with Crippen molar-refractivity contribution in [2.75, 3.05) is 18.7 Å². The zero-order valence-electron chi connectivity index (χ0n) is 13.0. The van der Waals surface area contributed by atoms with Crippen LogP contribution in [0.4, 0.5) is 5.69 Å². The maximum Gasteiger partial charge on any atom is 0.231 e. The van der Waals surface area contributed by atoms with Gasteiger partial charge in [0.05, 0.1) is 6.61 Å². The minimum absolute atomic E-state index is 0.296. The molecule has 3 rings (SSSR count). The van der Waals surface area contributed by atoms with E-state index in [0.717, 1.165) is 35.1 Å². The fourth-order valence-electron chi connectivity index (χ4n) is 2.25. The van der Waals surface area contributed by atoms with Crippen molar-refractivity contribution in [1.29, 1.82) is 0 Å². The molecule has 0 bridgehead atoms. The van der Waals surface area contributed by atoms with Crippen molar-refractivity contribution in [3.63, 3.8) is 0 Å². The highest BCUT2D eigenvalue weighted by Crippen LogP contribution is 2.34. The van der Waals surface area contributed by atoms with E-state index in [-0.39, 0.29) is 0 Å². The van der Waals surface area contributed by atoms with Crippen LogP contribution < -0.4 is 19.5 Å². The summed E-state index contributed by atoms with van der Waals surface area (Å²) in [5, 5.41) is 3.40. The second-order valence-electron chi connectivity index (χ2n) is 5.73. The van der Waals surface area contributed by atoms with Crippen molar-refractivity contribution in [2.45, 2.75) is 20.4 Å². The number of hydrogen-bond donors (Lipinski definition) is 1. The van der Waals surface area contributed by atoms with Crippen LogP contribution >= 0.6 is 0 Å². The molecular weight excluding hydrogens is 278 g/mol. The van der Waals surface area contributed by atoms with E-state index in [1.807, 2.05) is 36.4 Å². The lowest BCUT2D eigenvalue weighted by Gasteiger charge is -2.14. The Morgan fingerprint density at radius 3 is 2.77 bits per heavy atom. The lowest BCUT2D eigenvalue weighted by atomic mass is 10.2. The smallest absolute Gasteiger partial charge is 0.231 e. The summed E-state index contributed by atoms with van der Waals surface area (Å²) in [5.41, 5.74) is 2.14. The van der Waals surface area contributed by atoms with Crippen LogP contribution in [0, 0.1) is 5.92 Å². The molecule has 0 radical (unpaired) electrons. The Balaban J connectivity index is 1.66. The van der Waals surface area contributed by atoms with Crippen LogP contribution in [0.5, 0.6) is 17.2 Å². The predicted molar refractivity (Wildman–Crippen MR) is 86.7 cm³/mol. The molecule has 116 valence electrons. The van der Waals surface area contributed by atoms with Gasteiger partial charge in [-0.25, -0.2) is 0 Å². The molecule has 0 fully saturated rings. The summed E-state index contributed by atoms with van der Waals surface area (Å²) in [6.45, 7) is 6.01. The first-order chi connectivity index (χ1) is 10.7. The second kappa shape index (κ2) is 6.60. The topological polar surface area (TPSA) is 39.7 Å². The number of fused-ring (bicyclic) bond motifs is 1. The highest BCUT2D eigenvalue weighted by molar-refractivity contribution is 5.56. The molecule has 2 aromatic rings. The molecule has 0 amide bonds. The van der Waals surface area contributed by atoms with Gasteiger partial charge >= 0.3 is 0 Å². The summed E-state index contributed by atoms with van der Waals surface area (Å²) in [5.74, 6) is 3.03. The number of nitrogens with one attached hydrogen (secondary N) is 1. The van der Waals surface area contributed by atoms with Crippen LogP contribution in [0.3, 0.4) is 0 Å². The highest BCUT2D eigenvalue weighted by atomic mass is 16.7. The Labute approximate surface area is 131 Å². The maximum absolute atomic E-state index is 5.88. The third-order valence-corrected chi connectivity index (χ3v) is 3.40. The van der Waals surface area contributed by atoms with Crippen molar-refractivity contribution in [2.24, 2.45) is 5.92 Å². The summed E-state index contributed by atoms with van der Waals surface area (Å²) in [7, 11) is 0. The predicted octanol–water partition coefficient (Wildman–Crippen LogP) is 4.06. The molecule has 2 aromatic carbocycles. The number of benzene rings is 2. The lowest BCUT2D eigenvalue weighted by Crippen LogP contribution is -2.08. The van der Waals surface area contributed by atoms with Gasteiger partial charge < -0.3 is 19.5 Å². The molecule has 1 N–H and O–H groups in total. The Bertz CT molecular complexity index is 640. The Morgan fingerprint density at radius 1 is 1.09 bits per heavy atom. The van der Waals surface area contributed by atoms with E-state index in [1.54, 1.807) is 0 Å². The molecule has 0 saturated heterocycles. The van der Waals surface area contributed by atoms with Gasteiger partial charge in [0.25, 0.3) is 0 Å². The van der Waals surface area contributed by atoms with Crippen LogP contribution in [-0.4, -0.2) is 13.4 Å². The van der Waals surface area contributed by atoms with Crippen LogP contribution in [0.15, 0.2) is 42.5 Å². The fourth-order valence-corrected chi connectivity index (χ4v) is 2.25. The van der Waals surface area contributed by atoms with E-state index >= 15 is 0 Å². The van der Waals surface area contributed by atoms with Crippen LogP contribution in [0.2, 0.25) is 0 Å². The monoisotopic (exact) mass is 299 g/mol. The van der Waals surface area contributed by atoms with Crippen molar-refractivity contribution in [3.8, 4) is 17.2 Å². The van der Waals surface area contributed by atoms with Crippen molar-refractivity contribution in [1.82, 2.24) is 0 Å². The molecule has 4 heteroatoms. The van der Waals surface area contributed by atoms with Gasteiger partial charge in [0, 0.05) is 23.9 Å². The SMILES string of the molecule is CC(C)COc1ccccc1CNc1ccc2c(c1)OCO2. The molecule has 0 aliphatic carbocycles. The van der Waals surface area contributed by atoms with Crippen LogP contribution in [0.1, 0.15) is 19.4 Å². The molecule has 0 unspecified atom stereocenters. The minimum Gasteiger partial charge on any atom is -0.493 e. The van der Waals surface area contributed by atoms with Crippen LogP contribution in [-0.2, 0) is 6.54 Å². The molecule has 22 heavy (non-hydrogen) atoms. The molecular formula is C18H21NO3. The van der Waals surface area contributed by atoms with Crippen molar-refractivity contribution in [3.05, 3.63) is 48.0 Å². The van der Waals surface area contributed by atoms with Gasteiger partial charge in [-0.3, -0.25) is 0 Å². The van der Waals surface area contributed by atoms with Gasteiger partial charge in [-0.15, -0.1) is 0 Å². The molecule has 0 aromatic heterocycles. The first kappa shape index (κ1) is 14.6. The molecule has 4 nitrogen and oxygen atoms in total. The average Bonchev–Trinajstić information content (AvgIpc) is 2.99. The molecule has 1 heterocycles. The van der Waals surface area contributed by atoms with Crippen molar-refractivity contribution >= 4 is 5.69 Å². The first-order valence-corrected chi connectivity index (χ1v) is 7.56. The fraction of sp³-hybridized carbons (Fsp3) is 0.333. The number of para-hydroxylation sites is 1. The summed E-state index contributed by atoms with van der Waals surface area (Å²) in [6, 6.07) is 14.0. The van der Waals surface area contributed by atoms with Gasteiger partial charge in [-0.05, 0) is 24.1 Å². The van der Waals surface area contributed by atoms with E-state index in [2.05, 4.69) is 25.2 Å². The zero-order chi connectivity index (χ0) is 15.4. The normalized spacial score (nSPS) is 12.5. The Morgan fingerprint density at radius 2 is 1.91 bits per heavy atom. The Hall–Kier alpha value is -2.36. The summed E-state index contributed by atoms with van der Waals surface area (Å²) in [6.07, 6.45) is 0. The molecule has 0 atom stereocenters. The second-order valence-corrected chi connectivity index (χ2v) is 5.73. The van der Waals surface area contributed by atoms with Gasteiger partial charge in [0.1, 0.15) is 5.75 Å². The first-order valence-electron chi connectivity index (χ1n) is 7.56. The number of ether oxygens (including phenoxy) is 3. The molecule has 1 aliphatic heterocycles. The number of hydrogen-bond acceptors (Lipinski definition) is 4. The zero-order valence-corrected chi connectivity index (χ0v) is 13.0. The highest BCUT2D eigenvalue weighted by Gasteiger charge is 2.13. The van der Waals surface area contributed by atoms with Gasteiger partial charge in [-0.1, -0.05) is 32.0 Å². The lowest BCUT2D eigenvalue weighted by molar-refractivity contribution is 0.174. The van der Waals surface area contributed by atoms with Gasteiger partial charge in [0.15, 0.2) is 11.5 Å². The van der Waals surface area contributed by atoms with E-state index in [9.17, 15) is 0 Å². The minimum atomic E-state index is 0.296. The third kappa shape index (κ3) is 3.45. The van der Waals surface area contributed by atoms with E-state index in [4.69, 9.17) is 14.2 Å². The van der Waals surface area contributed by atoms with Gasteiger partial charge in [0.2, 0.25) is 6.79 Å². The molecule has 0 spiro atoms. The van der Waals surface area contributed by atoms with E-state index < -0.39 is 0 Å². The summed E-state index contributed by atoms with van der Waals surface area (Å²) >= 11 is 0. The largest absolute Gasteiger partial charge is 0.493 e. The molecule has 1 aliphatic rings. The van der Waals surface area contributed by atoms with E-state index in [0.29, 0.717) is 19.3 Å². The Kier molecular flexibility index (Phi) is 4.37. The average molecular weight is 299 g/mol. The van der Waals surface area contributed by atoms with E-state index in [1.165, 1.54) is 0 Å². The van der Waals surface area contributed by atoms with Crippen LogP contribution in [0.25, 0.3) is 0 Å². The maximum atomic E-state index is 5.88. The standard InChI is InChI=1S/C18H21NO3/c1-13(2)11-20-16-6-4-3-5-14(16)10-19-15-7-8-17-18(9-15)22-12-21-17/h3-9,13,19H,10-12H2,1-2H3. The van der Waals surface area contributed by atoms with Gasteiger partial charge in [-0.2, -0.15) is 0 Å². The quantitative estimate of drug-likeness (QED) is 0.873. The number of rotatable bonds is 6. The third-order valence-electron chi connectivity index (χ3n) is 3.40. The molecule has 0 saturated carbocycles. The summed E-state index contributed by atoms with van der Waals surface area (Å²) < 4.78 is 16.6. The summed E-state index contributed by atoms with van der Waals surface area (Å²) in [4.78, 5) is 0. The van der Waals surface area contributed by atoms with Crippen molar-refractivity contribution < 1.29 is 14.2 Å².